The summed E-state index contributed by atoms with van der Waals surface area (Å²) in [5.74, 6) is 0.105. The summed E-state index contributed by atoms with van der Waals surface area (Å²) in [6, 6.07) is 15.7. The molecule has 0 radical (unpaired) electrons. The van der Waals surface area contributed by atoms with Gasteiger partial charge >= 0.3 is 0 Å². The molecule has 0 bridgehead atoms. The number of para-hydroxylation sites is 1. The second-order valence-corrected chi connectivity index (χ2v) is 7.73. The maximum absolute atomic E-state index is 12.5. The lowest BCUT2D eigenvalue weighted by molar-refractivity contribution is -0.116. The average molecular weight is 408 g/mol. The van der Waals surface area contributed by atoms with Crippen LogP contribution >= 0.6 is 11.8 Å². The highest BCUT2D eigenvalue weighted by Gasteiger charge is 2.11. The second-order valence-electron chi connectivity index (χ2n) is 6.77. The van der Waals surface area contributed by atoms with Crippen LogP contribution in [0, 0.1) is 6.92 Å². The predicted molar refractivity (Wildman–Crippen MR) is 121 cm³/mol. The number of thioether (sulfide) groups is 1. The highest BCUT2D eigenvalue weighted by Crippen LogP contribution is 2.26. The smallest absolute Gasteiger partial charge is 0.234 e. The number of carbonyl (C=O) groups excluding carboxylic acids is 2. The molecular formula is C23H25N3O2S. The molecule has 2 amide bonds. The maximum atomic E-state index is 12.5. The largest absolute Gasteiger partial charge is 0.326 e. The fourth-order valence-corrected chi connectivity index (χ4v) is 3.82. The first-order valence-corrected chi connectivity index (χ1v) is 10.7. The van der Waals surface area contributed by atoms with Gasteiger partial charge in [0.2, 0.25) is 11.8 Å². The third-order valence-electron chi connectivity index (χ3n) is 4.60. The second kappa shape index (κ2) is 9.56. The van der Waals surface area contributed by atoms with E-state index in [-0.39, 0.29) is 17.6 Å². The first kappa shape index (κ1) is 20.9. The van der Waals surface area contributed by atoms with E-state index in [1.807, 2.05) is 37.3 Å². The number of anilines is 2. The summed E-state index contributed by atoms with van der Waals surface area (Å²) in [5, 5.41) is 7.77. The van der Waals surface area contributed by atoms with E-state index in [9.17, 15) is 9.59 Å². The monoisotopic (exact) mass is 407 g/mol. The van der Waals surface area contributed by atoms with Crippen LogP contribution in [0.25, 0.3) is 10.9 Å². The summed E-state index contributed by atoms with van der Waals surface area (Å²) in [4.78, 5) is 28.9. The topological polar surface area (TPSA) is 71.1 Å². The minimum atomic E-state index is -0.108. The van der Waals surface area contributed by atoms with Gasteiger partial charge in [-0.2, -0.15) is 0 Å². The van der Waals surface area contributed by atoms with E-state index in [1.54, 1.807) is 13.0 Å². The molecule has 29 heavy (non-hydrogen) atoms. The number of nitrogens with one attached hydrogen (secondary N) is 2. The molecule has 6 heteroatoms. The van der Waals surface area contributed by atoms with Gasteiger partial charge in [-0.1, -0.05) is 49.9 Å². The van der Waals surface area contributed by atoms with E-state index >= 15 is 0 Å². The Balaban J connectivity index is 1.68. The van der Waals surface area contributed by atoms with Crippen molar-refractivity contribution in [1.29, 1.82) is 0 Å². The van der Waals surface area contributed by atoms with Gasteiger partial charge in [0.1, 0.15) is 5.03 Å². The maximum Gasteiger partial charge on any atom is 0.234 e. The third-order valence-corrected chi connectivity index (χ3v) is 5.63. The predicted octanol–water partition coefficient (Wildman–Crippen LogP) is 5.18. The van der Waals surface area contributed by atoms with Gasteiger partial charge in [0, 0.05) is 23.2 Å². The minimum absolute atomic E-state index is 0.0541. The van der Waals surface area contributed by atoms with Crippen molar-refractivity contribution < 1.29 is 9.59 Å². The Morgan fingerprint density at radius 1 is 1.00 bits per heavy atom. The molecule has 0 saturated carbocycles. The summed E-state index contributed by atoms with van der Waals surface area (Å²) in [6.07, 6.45) is 1.27. The van der Waals surface area contributed by atoms with Crippen molar-refractivity contribution in [2.24, 2.45) is 0 Å². The number of aryl methyl sites for hydroxylation is 2. The molecule has 0 aliphatic carbocycles. The molecule has 150 valence electrons. The van der Waals surface area contributed by atoms with E-state index in [2.05, 4.69) is 29.7 Å². The molecule has 5 nitrogen and oxygen atoms in total. The third kappa shape index (κ3) is 5.35. The Morgan fingerprint density at radius 3 is 2.55 bits per heavy atom. The van der Waals surface area contributed by atoms with E-state index in [4.69, 9.17) is 4.98 Å². The summed E-state index contributed by atoms with van der Waals surface area (Å²) in [6.45, 7) is 5.82. The Bertz CT molecular complexity index is 1050. The molecule has 1 heterocycles. The van der Waals surface area contributed by atoms with Crippen molar-refractivity contribution in [3.05, 3.63) is 59.7 Å². The molecule has 0 fully saturated rings. The first-order chi connectivity index (χ1) is 14.0. The molecule has 0 saturated heterocycles. The van der Waals surface area contributed by atoms with Crippen molar-refractivity contribution in [1.82, 2.24) is 4.98 Å². The molecule has 0 aliphatic heterocycles. The molecule has 0 atom stereocenters. The van der Waals surface area contributed by atoms with Crippen molar-refractivity contribution in [3.63, 3.8) is 0 Å². The highest BCUT2D eigenvalue weighted by atomic mass is 32.2. The fourth-order valence-electron chi connectivity index (χ4n) is 2.92. The summed E-state index contributed by atoms with van der Waals surface area (Å²) in [5.41, 5.74) is 4.40. The number of hydrogen-bond donors (Lipinski definition) is 2. The number of aromatic nitrogens is 1. The van der Waals surface area contributed by atoms with Crippen LogP contribution < -0.4 is 10.6 Å². The fraction of sp³-hybridized carbons (Fsp3) is 0.261. The van der Waals surface area contributed by atoms with Crippen LogP contribution in [0.1, 0.15) is 31.4 Å². The van der Waals surface area contributed by atoms with Crippen LogP contribution in [-0.4, -0.2) is 22.6 Å². The Hall–Kier alpha value is -2.86. The molecule has 0 aliphatic rings. The normalized spacial score (nSPS) is 10.7. The Labute approximate surface area is 175 Å². The summed E-state index contributed by atoms with van der Waals surface area (Å²) < 4.78 is 0. The number of fused-ring (bicyclic) bond motifs is 1. The number of carbonyl (C=O) groups is 2. The molecule has 3 aromatic rings. The molecule has 0 unspecified atom stereocenters. The van der Waals surface area contributed by atoms with Crippen LogP contribution in [-0.2, 0) is 16.0 Å². The van der Waals surface area contributed by atoms with Gasteiger partial charge in [0.05, 0.1) is 11.3 Å². The minimum Gasteiger partial charge on any atom is -0.326 e. The van der Waals surface area contributed by atoms with Crippen molar-refractivity contribution in [2.75, 3.05) is 16.4 Å². The van der Waals surface area contributed by atoms with Gasteiger partial charge in [-0.25, -0.2) is 4.98 Å². The van der Waals surface area contributed by atoms with Gasteiger partial charge in [0.25, 0.3) is 0 Å². The van der Waals surface area contributed by atoms with Gasteiger partial charge in [0.15, 0.2) is 0 Å². The summed E-state index contributed by atoms with van der Waals surface area (Å²) >= 11 is 1.44. The lowest BCUT2D eigenvalue weighted by Crippen LogP contribution is -2.15. The number of benzene rings is 2. The van der Waals surface area contributed by atoms with Crippen LogP contribution in [0.3, 0.4) is 0 Å². The molecule has 0 spiro atoms. The zero-order valence-electron chi connectivity index (χ0n) is 16.9. The molecule has 1 aromatic heterocycles. The summed E-state index contributed by atoms with van der Waals surface area (Å²) in [7, 11) is 0. The SMILES string of the molecule is CCC(=O)Nc1cc(NC(=O)CSc2nc3ccccc3cc2CC)ccc1C. The van der Waals surface area contributed by atoms with E-state index in [1.165, 1.54) is 11.8 Å². The highest BCUT2D eigenvalue weighted by molar-refractivity contribution is 8.00. The Kier molecular flexibility index (Phi) is 6.88. The van der Waals surface area contributed by atoms with Crippen LogP contribution in [0.4, 0.5) is 11.4 Å². The Morgan fingerprint density at radius 2 is 1.79 bits per heavy atom. The molecule has 3 rings (SSSR count). The van der Waals surface area contributed by atoms with Crippen LogP contribution in [0.15, 0.2) is 53.6 Å². The van der Waals surface area contributed by atoms with Gasteiger partial charge < -0.3 is 10.6 Å². The first-order valence-electron chi connectivity index (χ1n) is 9.72. The van der Waals surface area contributed by atoms with E-state index in [0.717, 1.165) is 33.5 Å². The van der Waals surface area contributed by atoms with Crippen molar-refractivity contribution in [2.45, 2.75) is 38.6 Å². The molecule has 2 N–H and O–H groups in total. The number of nitrogens with zero attached hydrogens (tertiary/aromatic N) is 1. The molecular weight excluding hydrogens is 382 g/mol. The van der Waals surface area contributed by atoms with Crippen LogP contribution in [0.5, 0.6) is 0 Å². The molecule has 2 aromatic carbocycles. The number of amides is 2. The standard InChI is InChI=1S/C23H25N3O2S/c1-4-16-12-17-8-6-7-9-19(17)26-23(16)29-14-22(28)24-18-11-10-15(3)20(13-18)25-21(27)5-2/h6-13H,4-5,14H2,1-3H3,(H,24,28)(H,25,27). The quantitative estimate of drug-likeness (QED) is 0.529. The van der Waals surface area contributed by atoms with E-state index < -0.39 is 0 Å². The van der Waals surface area contributed by atoms with Gasteiger partial charge in [-0.3, -0.25) is 9.59 Å². The number of pyridine rings is 1. The number of hydrogen-bond acceptors (Lipinski definition) is 4. The lowest BCUT2D eigenvalue weighted by Gasteiger charge is -2.12. The zero-order chi connectivity index (χ0) is 20.8. The zero-order valence-corrected chi connectivity index (χ0v) is 17.7. The lowest BCUT2D eigenvalue weighted by atomic mass is 10.1. The average Bonchev–Trinajstić information content (AvgIpc) is 2.73. The van der Waals surface area contributed by atoms with Crippen molar-refractivity contribution >= 4 is 45.9 Å². The number of rotatable bonds is 7. The van der Waals surface area contributed by atoms with Crippen LogP contribution in [0.2, 0.25) is 0 Å². The van der Waals surface area contributed by atoms with Crippen molar-refractivity contribution in [3.8, 4) is 0 Å². The van der Waals surface area contributed by atoms with Gasteiger partial charge in [-0.15, -0.1) is 0 Å². The van der Waals surface area contributed by atoms with Gasteiger partial charge in [-0.05, 0) is 48.7 Å². The van der Waals surface area contributed by atoms with E-state index in [0.29, 0.717) is 17.8 Å².